The quantitative estimate of drug-likeness (QED) is 0.190. The first-order chi connectivity index (χ1) is 25.6. The van der Waals surface area contributed by atoms with E-state index in [1.54, 1.807) is 11.3 Å². The van der Waals surface area contributed by atoms with Crippen molar-refractivity contribution in [2.75, 3.05) is 50.8 Å². The second-order valence-electron chi connectivity index (χ2n) is 15.4. The third-order valence-corrected chi connectivity index (χ3v) is 11.1. The third-order valence-electron chi connectivity index (χ3n) is 10.2. The molecule has 3 aromatic rings. The molecule has 2 aromatic carbocycles. The fourth-order valence-electron chi connectivity index (χ4n) is 6.90. The molecule has 0 unspecified atom stereocenters. The predicted molar refractivity (Wildman–Crippen MR) is 210 cm³/mol. The lowest BCUT2D eigenvalue weighted by molar-refractivity contribution is -0.144. The average Bonchev–Trinajstić information content (AvgIpc) is 3.76. The lowest BCUT2D eigenvalue weighted by Crippen LogP contribution is -2.58. The molecule has 0 bridgehead atoms. The minimum Gasteiger partial charge on any atom is -0.391 e. The number of β-amino-alcohol motifs (C(OH)–C–C–N with tert-alkyl or cyclic N) is 1. The summed E-state index contributed by atoms with van der Waals surface area (Å²) in [5.41, 5.74) is 12.2. The molecular weight excluding hydrogens is 707 g/mol. The molecule has 4 amide bonds. The SMILES string of the molecule is Cc1ncsc1-c1ccc([C@H](C)NC(=O)[C@@H]2C[C@@H](O)CN2C(=O)[C@@H](NC(=O)COCCC(=O)N2CCN(c3ccc([C@H](C)N)cc3)CC2)C(C)(C)C)cc1. The topological polar surface area (TPSA) is 170 Å². The maximum absolute atomic E-state index is 14.0. The Kier molecular flexibility index (Phi) is 13.5. The molecule has 13 nitrogen and oxygen atoms in total. The summed E-state index contributed by atoms with van der Waals surface area (Å²) in [5, 5.41) is 16.4. The summed E-state index contributed by atoms with van der Waals surface area (Å²) in [6, 6.07) is 13.8. The van der Waals surface area contributed by atoms with Gasteiger partial charge >= 0.3 is 0 Å². The number of nitrogens with two attached hydrogens (primary N) is 1. The van der Waals surface area contributed by atoms with Crippen LogP contribution in [0.3, 0.4) is 0 Å². The van der Waals surface area contributed by atoms with E-state index in [9.17, 15) is 24.3 Å². The molecule has 2 aliphatic heterocycles. The summed E-state index contributed by atoms with van der Waals surface area (Å²) < 4.78 is 5.58. The second-order valence-corrected chi connectivity index (χ2v) is 16.3. The van der Waals surface area contributed by atoms with Gasteiger partial charge in [-0.25, -0.2) is 4.98 Å². The van der Waals surface area contributed by atoms with Crippen LogP contribution in [0.1, 0.15) is 76.4 Å². The fourth-order valence-corrected chi connectivity index (χ4v) is 7.71. The number of hydrogen-bond donors (Lipinski definition) is 4. The van der Waals surface area contributed by atoms with Crippen molar-refractivity contribution in [3.8, 4) is 10.4 Å². The number of piperazine rings is 1. The Bertz CT molecular complexity index is 1750. The van der Waals surface area contributed by atoms with Crippen molar-refractivity contribution < 1.29 is 29.0 Å². The van der Waals surface area contributed by atoms with E-state index < -0.39 is 35.4 Å². The highest BCUT2D eigenvalue weighted by atomic mass is 32.1. The largest absolute Gasteiger partial charge is 0.391 e. The van der Waals surface area contributed by atoms with Crippen LogP contribution in [0.25, 0.3) is 10.4 Å². The van der Waals surface area contributed by atoms with Gasteiger partial charge in [0.25, 0.3) is 0 Å². The molecule has 0 spiro atoms. The van der Waals surface area contributed by atoms with Crippen molar-refractivity contribution in [3.05, 3.63) is 70.9 Å². The lowest BCUT2D eigenvalue weighted by Gasteiger charge is -2.36. The number of aryl methyl sites for hydroxylation is 1. The number of thiazole rings is 1. The molecule has 5 atom stereocenters. The Morgan fingerprint density at radius 3 is 2.22 bits per heavy atom. The fraction of sp³-hybridized carbons (Fsp3) is 0.525. The molecule has 5 N–H and O–H groups in total. The summed E-state index contributed by atoms with van der Waals surface area (Å²) >= 11 is 1.57. The van der Waals surface area contributed by atoms with Crippen molar-refractivity contribution in [2.45, 2.75) is 84.7 Å². The molecule has 2 aliphatic rings. The molecule has 0 aliphatic carbocycles. The average molecular weight is 762 g/mol. The summed E-state index contributed by atoms with van der Waals surface area (Å²) in [4.78, 5) is 64.3. The first-order valence-electron chi connectivity index (χ1n) is 18.7. The molecule has 2 saturated heterocycles. The molecule has 3 heterocycles. The van der Waals surface area contributed by atoms with Crippen molar-refractivity contribution in [3.63, 3.8) is 0 Å². The Hall–Kier alpha value is -4.37. The minimum atomic E-state index is -0.984. The Labute approximate surface area is 322 Å². The molecule has 0 radical (unpaired) electrons. The normalized spacial score (nSPS) is 19.3. The summed E-state index contributed by atoms with van der Waals surface area (Å²) in [5.74, 6) is -1.38. The van der Waals surface area contributed by atoms with Gasteiger partial charge in [0.05, 0.1) is 41.3 Å². The van der Waals surface area contributed by atoms with E-state index in [-0.39, 0.29) is 56.5 Å². The van der Waals surface area contributed by atoms with Gasteiger partial charge in [0.15, 0.2) is 0 Å². The van der Waals surface area contributed by atoms with Gasteiger partial charge in [-0.1, -0.05) is 57.2 Å². The summed E-state index contributed by atoms with van der Waals surface area (Å²) in [7, 11) is 0. The number of benzene rings is 2. The standard InChI is InChI=1S/C40H55N7O6S/c1-25(41)28-11-13-31(14-12-28)45-16-18-46(19-17-45)35(50)15-20-53-23-34(49)44-37(40(4,5)6)39(52)47-22-32(48)21-33(47)38(51)43-26(2)29-7-9-30(10-8-29)36-27(3)42-24-54-36/h7-14,24-26,32-33,37,48H,15-23,41H2,1-6H3,(H,43,51)(H,44,49)/t25-,26-,32+,33-,37+/m0/s1. The molecular formula is C40H55N7O6S. The molecule has 2 fully saturated rings. The van der Waals surface area contributed by atoms with E-state index in [1.165, 1.54) is 4.90 Å². The number of nitrogens with one attached hydrogen (secondary N) is 2. The van der Waals surface area contributed by atoms with Crippen molar-refractivity contribution in [2.24, 2.45) is 11.1 Å². The number of carbonyl (C=O) groups is 4. The molecule has 5 rings (SSSR count). The summed E-state index contributed by atoms with van der Waals surface area (Å²) in [6.07, 6.45) is -0.658. The second kappa shape index (κ2) is 17.8. The van der Waals surface area contributed by atoms with Crippen LogP contribution < -0.4 is 21.3 Å². The maximum atomic E-state index is 14.0. The molecule has 0 saturated carbocycles. The van der Waals surface area contributed by atoms with E-state index in [0.717, 1.165) is 32.9 Å². The number of ether oxygens (including phenoxy) is 1. The highest BCUT2D eigenvalue weighted by Crippen LogP contribution is 2.30. The number of amides is 4. The van der Waals surface area contributed by atoms with Gasteiger partial charge in [-0.05, 0) is 55.0 Å². The van der Waals surface area contributed by atoms with E-state index in [4.69, 9.17) is 10.5 Å². The summed E-state index contributed by atoms with van der Waals surface area (Å²) in [6.45, 7) is 13.6. The highest BCUT2D eigenvalue weighted by molar-refractivity contribution is 7.13. The van der Waals surface area contributed by atoms with Crippen LogP contribution >= 0.6 is 11.3 Å². The van der Waals surface area contributed by atoms with E-state index in [2.05, 4.69) is 32.7 Å². The number of likely N-dealkylation sites (tertiary alicyclic amines) is 1. The number of aliphatic hydroxyl groups is 1. The van der Waals surface area contributed by atoms with Gasteiger partial charge in [0.1, 0.15) is 18.7 Å². The Morgan fingerprint density at radius 2 is 1.63 bits per heavy atom. The van der Waals surface area contributed by atoms with Crippen molar-refractivity contribution in [1.29, 1.82) is 0 Å². The number of rotatable bonds is 13. The van der Waals surface area contributed by atoms with Crippen LogP contribution in [0, 0.1) is 12.3 Å². The van der Waals surface area contributed by atoms with Crippen LogP contribution in [-0.4, -0.2) is 108 Å². The Morgan fingerprint density at radius 1 is 0.981 bits per heavy atom. The number of nitrogens with zero attached hydrogens (tertiary/aromatic N) is 4. The Balaban J connectivity index is 1.08. The van der Waals surface area contributed by atoms with Crippen molar-refractivity contribution in [1.82, 2.24) is 25.4 Å². The number of aliphatic hydroxyl groups excluding tert-OH is 1. The monoisotopic (exact) mass is 761 g/mol. The molecule has 292 valence electrons. The first kappa shape index (κ1) is 40.8. The lowest BCUT2D eigenvalue weighted by atomic mass is 9.85. The van der Waals surface area contributed by atoms with Gasteiger partial charge in [-0.2, -0.15) is 0 Å². The maximum Gasteiger partial charge on any atom is 0.246 e. The van der Waals surface area contributed by atoms with Gasteiger partial charge in [-0.15, -0.1) is 11.3 Å². The first-order valence-corrected chi connectivity index (χ1v) is 19.5. The smallest absolute Gasteiger partial charge is 0.246 e. The van der Waals surface area contributed by atoms with Gasteiger partial charge < -0.3 is 40.9 Å². The number of carbonyl (C=O) groups excluding carboxylic acids is 4. The van der Waals surface area contributed by atoms with Gasteiger partial charge in [0, 0.05) is 50.9 Å². The molecule has 54 heavy (non-hydrogen) atoms. The van der Waals surface area contributed by atoms with E-state index in [0.29, 0.717) is 26.2 Å². The third kappa shape index (κ3) is 10.2. The van der Waals surface area contributed by atoms with E-state index in [1.807, 2.05) is 88.4 Å². The van der Waals surface area contributed by atoms with Gasteiger partial charge in [0.2, 0.25) is 23.6 Å². The van der Waals surface area contributed by atoms with Crippen LogP contribution in [0.5, 0.6) is 0 Å². The zero-order chi connectivity index (χ0) is 39.2. The molecule has 1 aromatic heterocycles. The number of hydrogen-bond acceptors (Lipinski definition) is 10. The van der Waals surface area contributed by atoms with Crippen LogP contribution in [0.2, 0.25) is 0 Å². The minimum absolute atomic E-state index is 0.0217. The predicted octanol–water partition coefficient (Wildman–Crippen LogP) is 3.56. The zero-order valence-electron chi connectivity index (χ0n) is 32.2. The number of aromatic nitrogens is 1. The molecule has 14 heteroatoms. The highest BCUT2D eigenvalue weighted by Gasteiger charge is 2.44. The van der Waals surface area contributed by atoms with Crippen molar-refractivity contribution >= 4 is 40.7 Å². The van der Waals surface area contributed by atoms with E-state index >= 15 is 0 Å². The zero-order valence-corrected chi connectivity index (χ0v) is 33.0. The number of anilines is 1. The van der Waals surface area contributed by atoms with Gasteiger partial charge in [-0.3, -0.25) is 19.2 Å². The van der Waals surface area contributed by atoms with Crippen LogP contribution in [-0.2, 0) is 23.9 Å². The van der Waals surface area contributed by atoms with Crippen LogP contribution in [0.15, 0.2) is 54.0 Å². The van der Waals surface area contributed by atoms with Crippen LogP contribution in [0.4, 0.5) is 5.69 Å².